The molecule has 33 heavy (non-hydrogen) atoms. The van der Waals surface area contributed by atoms with Gasteiger partial charge in [0.25, 0.3) is 5.91 Å². The number of allylic oxidation sites excluding steroid dienone is 2. The molecule has 10 heteroatoms. The number of anilines is 1. The molecule has 0 saturated carbocycles. The van der Waals surface area contributed by atoms with Gasteiger partial charge in [-0.2, -0.15) is 0 Å². The summed E-state index contributed by atoms with van der Waals surface area (Å²) in [6, 6.07) is 9.35. The van der Waals surface area contributed by atoms with Crippen molar-refractivity contribution in [2.24, 2.45) is 0 Å². The van der Waals surface area contributed by atoms with Crippen LogP contribution in [0.5, 0.6) is 5.75 Å². The Morgan fingerprint density at radius 2 is 1.88 bits per heavy atom. The summed E-state index contributed by atoms with van der Waals surface area (Å²) in [5.41, 5.74) is 2.56. The molecule has 0 radical (unpaired) electrons. The standard InChI is InChI=1S/C23H24F2N2O6/c1-15(3-2-4-22(29)27-31)13-21(16-5-8-18(9-6-16)32-12-11-28)33-23(30)26-20-10-7-17(24)14-19(20)25/h2-10,14,21,28,31H,11-13H2,1H3,(H,26,30)(H,27,29)/b4-2+,15-3+/t21-/m1/s1. The number of carbonyl (C=O) groups is 2. The number of aliphatic hydroxyl groups excluding tert-OH is 1. The van der Waals surface area contributed by atoms with Crippen LogP contribution in [0, 0.1) is 11.6 Å². The second-order valence-electron chi connectivity index (χ2n) is 6.84. The first kappa shape index (κ1) is 25.5. The van der Waals surface area contributed by atoms with Gasteiger partial charge in [0.2, 0.25) is 0 Å². The van der Waals surface area contributed by atoms with Gasteiger partial charge in [0.1, 0.15) is 30.1 Å². The molecule has 0 aromatic heterocycles. The molecule has 2 rings (SSSR count). The third kappa shape index (κ3) is 8.71. The molecular formula is C23H24F2N2O6. The van der Waals surface area contributed by atoms with Crippen molar-refractivity contribution >= 4 is 17.7 Å². The topological polar surface area (TPSA) is 117 Å². The Bertz CT molecular complexity index is 1010. The number of carbonyl (C=O) groups excluding carboxylic acids is 2. The minimum absolute atomic E-state index is 0.126. The Hall–Kier alpha value is -3.76. The molecule has 2 aromatic rings. The fraction of sp³-hybridized carbons (Fsp3) is 0.217. The largest absolute Gasteiger partial charge is 0.491 e. The van der Waals surface area contributed by atoms with E-state index in [4.69, 9.17) is 19.8 Å². The smallest absolute Gasteiger partial charge is 0.412 e. The lowest BCUT2D eigenvalue weighted by atomic mass is 10.0. The van der Waals surface area contributed by atoms with E-state index in [9.17, 15) is 18.4 Å². The summed E-state index contributed by atoms with van der Waals surface area (Å²) in [5, 5.41) is 19.6. The van der Waals surface area contributed by atoms with Crippen LogP contribution >= 0.6 is 0 Å². The second-order valence-corrected chi connectivity index (χ2v) is 6.84. The first-order chi connectivity index (χ1) is 15.8. The normalized spacial score (nSPS) is 12.3. The second kappa shape index (κ2) is 12.9. The molecule has 0 aliphatic heterocycles. The molecular weight excluding hydrogens is 438 g/mol. The molecule has 2 aromatic carbocycles. The zero-order valence-electron chi connectivity index (χ0n) is 17.8. The molecule has 2 amide bonds. The van der Waals surface area contributed by atoms with Crippen LogP contribution in [0.25, 0.3) is 0 Å². The van der Waals surface area contributed by atoms with Crippen LogP contribution in [0.4, 0.5) is 19.3 Å². The van der Waals surface area contributed by atoms with E-state index in [0.717, 1.165) is 23.8 Å². The zero-order chi connectivity index (χ0) is 24.2. The van der Waals surface area contributed by atoms with Gasteiger partial charge in [0.15, 0.2) is 0 Å². The lowest BCUT2D eigenvalue weighted by molar-refractivity contribution is -0.124. The Balaban J connectivity index is 2.18. The van der Waals surface area contributed by atoms with Gasteiger partial charge in [-0.3, -0.25) is 15.3 Å². The Labute approximate surface area is 189 Å². The lowest BCUT2D eigenvalue weighted by Crippen LogP contribution is -2.18. The van der Waals surface area contributed by atoms with E-state index in [-0.39, 0.29) is 25.3 Å². The van der Waals surface area contributed by atoms with E-state index < -0.39 is 29.7 Å². The number of ether oxygens (including phenoxy) is 2. The molecule has 0 aliphatic rings. The molecule has 1 atom stereocenters. The Kier molecular flexibility index (Phi) is 10.00. The number of hydrogen-bond acceptors (Lipinski definition) is 6. The van der Waals surface area contributed by atoms with Gasteiger partial charge >= 0.3 is 6.09 Å². The van der Waals surface area contributed by atoms with Crippen molar-refractivity contribution in [1.82, 2.24) is 5.48 Å². The molecule has 0 saturated heterocycles. The van der Waals surface area contributed by atoms with E-state index in [1.807, 2.05) is 0 Å². The van der Waals surface area contributed by atoms with Crippen LogP contribution in [0.3, 0.4) is 0 Å². The average Bonchev–Trinajstić information content (AvgIpc) is 2.79. The minimum atomic E-state index is -0.950. The van der Waals surface area contributed by atoms with Gasteiger partial charge in [0.05, 0.1) is 12.3 Å². The molecule has 0 heterocycles. The number of amides is 2. The van der Waals surface area contributed by atoms with Gasteiger partial charge in [-0.1, -0.05) is 29.9 Å². The number of halogens is 2. The fourth-order valence-corrected chi connectivity index (χ4v) is 2.73. The summed E-state index contributed by atoms with van der Waals surface area (Å²) in [6.07, 6.45) is 2.60. The summed E-state index contributed by atoms with van der Waals surface area (Å²) < 4.78 is 37.7. The first-order valence-electron chi connectivity index (χ1n) is 9.86. The molecule has 0 spiro atoms. The van der Waals surface area contributed by atoms with E-state index in [0.29, 0.717) is 17.4 Å². The number of aliphatic hydroxyl groups is 1. The first-order valence-corrected chi connectivity index (χ1v) is 9.86. The van der Waals surface area contributed by atoms with Crippen molar-refractivity contribution in [2.45, 2.75) is 19.4 Å². The van der Waals surface area contributed by atoms with E-state index in [1.54, 1.807) is 37.3 Å². The van der Waals surface area contributed by atoms with Crippen LogP contribution in [0.15, 0.2) is 66.3 Å². The summed E-state index contributed by atoms with van der Waals surface area (Å²) in [5.74, 6) is -1.92. The Morgan fingerprint density at radius 1 is 1.15 bits per heavy atom. The van der Waals surface area contributed by atoms with E-state index in [2.05, 4.69) is 5.32 Å². The predicted molar refractivity (Wildman–Crippen MR) is 116 cm³/mol. The van der Waals surface area contributed by atoms with Crippen LogP contribution < -0.4 is 15.5 Å². The average molecular weight is 462 g/mol. The van der Waals surface area contributed by atoms with Crippen molar-refractivity contribution in [1.29, 1.82) is 0 Å². The van der Waals surface area contributed by atoms with Gasteiger partial charge < -0.3 is 14.6 Å². The summed E-state index contributed by atoms with van der Waals surface area (Å²) in [6.45, 7) is 1.73. The van der Waals surface area contributed by atoms with Crippen LogP contribution in [-0.2, 0) is 9.53 Å². The SMILES string of the molecule is C/C(=C\C=C\C(=O)NO)C[C@@H](OC(=O)Nc1ccc(F)cc1F)c1ccc(OCCO)cc1. The zero-order valence-corrected chi connectivity index (χ0v) is 17.8. The summed E-state index contributed by atoms with van der Waals surface area (Å²) in [4.78, 5) is 23.5. The maximum absolute atomic E-state index is 13.9. The van der Waals surface area contributed by atoms with Gasteiger partial charge in [-0.15, -0.1) is 0 Å². The molecule has 0 bridgehead atoms. The highest BCUT2D eigenvalue weighted by Crippen LogP contribution is 2.28. The third-order valence-electron chi connectivity index (χ3n) is 4.27. The maximum atomic E-state index is 13.9. The molecule has 0 fully saturated rings. The van der Waals surface area contributed by atoms with E-state index >= 15 is 0 Å². The number of hydroxylamine groups is 1. The molecule has 176 valence electrons. The quantitative estimate of drug-likeness (QED) is 0.183. The number of hydrogen-bond donors (Lipinski definition) is 4. The third-order valence-corrected chi connectivity index (χ3v) is 4.27. The van der Waals surface area contributed by atoms with Crippen molar-refractivity contribution < 1.29 is 38.2 Å². The van der Waals surface area contributed by atoms with Crippen molar-refractivity contribution in [3.8, 4) is 5.75 Å². The van der Waals surface area contributed by atoms with Crippen molar-refractivity contribution in [2.75, 3.05) is 18.5 Å². The minimum Gasteiger partial charge on any atom is -0.491 e. The summed E-state index contributed by atoms with van der Waals surface area (Å²) in [7, 11) is 0. The fourth-order valence-electron chi connectivity index (χ4n) is 2.73. The number of benzene rings is 2. The molecule has 8 nitrogen and oxygen atoms in total. The number of rotatable bonds is 10. The van der Waals surface area contributed by atoms with Gasteiger partial charge in [-0.05, 0) is 36.8 Å². The monoisotopic (exact) mass is 462 g/mol. The highest BCUT2D eigenvalue weighted by molar-refractivity contribution is 5.86. The highest BCUT2D eigenvalue weighted by Gasteiger charge is 2.19. The molecule has 4 N–H and O–H groups in total. The maximum Gasteiger partial charge on any atom is 0.412 e. The van der Waals surface area contributed by atoms with Gasteiger partial charge in [-0.25, -0.2) is 19.1 Å². The van der Waals surface area contributed by atoms with Crippen molar-refractivity contribution in [3.63, 3.8) is 0 Å². The van der Waals surface area contributed by atoms with Crippen LogP contribution in [0.2, 0.25) is 0 Å². The molecule has 0 unspecified atom stereocenters. The van der Waals surface area contributed by atoms with Crippen LogP contribution in [-0.4, -0.2) is 35.5 Å². The lowest BCUT2D eigenvalue weighted by Gasteiger charge is -2.20. The summed E-state index contributed by atoms with van der Waals surface area (Å²) >= 11 is 0. The highest BCUT2D eigenvalue weighted by atomic mass is 19.1. The predicted octanol–water partition coefficient (Wildman–Crippen LogP) is 4.02. The number of nitrogens with one attached hydrogen (secondary N) is 2. The Morgan fingerprint density at radius 3 is 2.52 bits per heavy atom. The van der Waals surface area contributed by atoms with Gasteiger partial charge in [0, 0.05) is 18.6 Å². The van der Waals surface area contributed by atoms with Crippen LogP contribution in [0.1, 0.15) is 25.0 Å². The van der Waals surface area contributed by atoms with Crippen molar-refractivity contribution in [3.05, 3.63) is 83.5 Å². The van der Waals surface area contributed by atoms with E-state index in [1.165, 1.54) is 11.6 Å². The molecule has 0 aliphatic carbocycles.